The lowest BCUT2D eigenvalue weighted by molar-refractivity contribution is -0.117. The van der Waals surface area contributed by atoms with Gasteiger partial charge in [0.25, 0.3) is 5.91 Å². The zero-order chi connectivity index (χ0) is 21.9. The normalized spacial score (nSPS) is 15.9. The van der Waals surface area contributed by atoms with Gasteiger partial charge in [-0.1, -0.05) is 30.0 Å². The molecule has 0 unspecified atom stereocenters. The molecule has 5 nitrogen and oxygen atoms in total. The Hall–Kier alpha value is -2.06. The molecule has 5 rings (SSSR count). The van der Waals surface area contributed by atoms with E-state index in [0.717, 1.165) is 78.7 Å². The maximum absolute atomic E-state index is 13.3. The van der Waals surface area contributed by atoms with E-state index in [1.54, 1.807) is 12.1 Å². The lowest BCUT2D eigenvalue weighted by Gasteiger charge is -2.32. The summed E-state index contributed by atoms with van der Waals surface area (Å²) in [6, 6.07) is 12.9. The fourth-order valence-electron chi connectivity index (χ4n) is 4.54. The molecule has 182 valence electrons. The van der Waals surface area contributed by atoms with Gasteiger partial charge in [0.15, 0.2) is 0 Å². The molecule has 34 heavy (non-hydrogen) atoms. The number of aromatic nitrogens is 2. The predicted molar refractivity (Wildman–Crippen MR) is 140 cm³/mol. The summed E-state index contributed by atoms with van der Waals surface area (Å²) >= 11 is 1.50. The zero-order valence-electron chi connectivity index (χ0n) is 18.8. The van der Waals surface area contributed by atoms with Crippen molar-refractivity contribution in [1.82, 2.24) is 19.6 Å². The Morgan fingerprint density at radius 2 is 1.94 bits per heavy atom. The number of pyridine rings is 1. The topological polar surface area (TPSA) is 49.6 Å². The number of aryl methyl sites for hydroxylation is 1. The number of rotatable bonds is 7. The van der Waals surface area contributed by atoms with Crippen LogP contribution in [0.3, 0.4) is 0 Å². The second-order valence-corrected chi connectivity index (χ2v) is 9.64. The van der Waals surface area contributed by atoms with E-state index >= 15 is 0 Å². The first-order valence-corrected chi connectivity index (χ1v) is 12.1. The van der Waals surface area contributed by atoms with E-state index in [0.29, 0.717) is 5.92 Å². The third kappa shape index (κ3) is 6.13. The highest BCUT2D eigenvalue weighted by Crippen LogP contribution is 2.34. The minimum atomic E-state index is -0.157. The van der Waals surface area contributed by atoms with Crippen LogP contribution in [-0.4, -0.2) is 46.4 Å². The van der Waals surface area contributed by atoms with Gasteiger partial charge >= 0.3 is 0 Å². The van der Waals surface area contributed by atoms with Gasteiger partial charge in [-0.25, -0.2) is 9.37 Å². The largest absolute Gasteiger partial charge is 0.351 e. The molecule has 1 aromatic carbocycles. The molecule has 2 aliphatic rings. The molecule has 1 N–H and O–H groups in total. The van der Waals surface area contributed by atoms with Crippen LogP contribution in [0.1, 0.15) is 30.5 Å². The fourth-order valence-corrected chi connectivity index (χ4v) is 5.54. The number of piperidine rings is 1. The lowest BCUT2D eigenvalue weighted by atomic mass is 9.96. The van der Waals surface area contributed by atoms with Crippen molar-refractivity contribution in [2.24, 2.45) is 5.92 Å². The molecule has 0 radical (unpaired) electrons. The Balaban J connectivity index is 0.00000162. The first-order chi connectivity index (χ1) is 15.7. The van der Waals surface area contributed by atoms with E-state index in [2.05, 4.69) is 19.6 Å². The maximum atomic E-state index is 13.3. The van der Waals surface area contributed by atoms with Crippen molar-refractivity contribution in [3.8, 4) is 0 Å². The number of carbonyl (C=O) groups excluding carboxylic acids is 1. The van der Waals surface area contributed by atoms with Crippen molar-refractivity contribution in [2.75, 3.05) is 26.2 Å². The van der Waals surface area contributed by atoms with Gasteiger partial charge in [0.2, 0.25) is 0 Å². The summed E-state index contributed by atoms with van der Waals surface area (Å²) in [5, 5.41) is 4.17. The Morgan fingerprint density at radius 3 is 2.74 bits per heavy atom. The number of thioether (sulfide) groups is 1. The van der Waals surface area contributed by atoms with Crippen LogP contribution in [0.15, 0.2) is 58.6 Å². The molecule has 0 bridgehead atoms. The van der Waals surface area contributed by atoms with Gasteiger partial charge in [-0.2, -0.15) is 0 Å². The second-order valence-electron chi connectivity index (χ2n) is 8.58. The van der Waals surface area contributed by atoms with Gasteiger partial charge in [-0.15, -0.1) is 24.8 Å². The van der Waals surface area contributed by atoms with Crippen molar-refractivity contribution >= 4 is 54.2 Å². The van der Waals surface area contributed by atoms with E-state index in [-0.39, 0.29) is 36.5 Å². The summed E-state index contributed by atoms with van der Waals surface area (Å²) in [5.41, 5.74) is 2.92. The van der Waals surface area contributed by atoms with Crippen molar-refractivity contribution in [1.29, 1.82) is 0 Å². The van der Waals surface area contributed by atoms with Crippen LogP contribution in [-0.2, 0) is 11.2 Å². The molecule has 0 saturated carbocycles. The van der Waals surface area contributed by atoms with Crippen LogP contribution in [0.2, 0.25) is 0 Å². The Labute approximate surface area is 216 Å². The van der Waals surface area contributed by atoms with E-state index in [9.17, 15) is 9.18 Å². The van der Waals surface area contributed by atoms with Crippen LogP contribution in [0, 0.1) is 11.7 Å². The molecule has 1 amide bonds. The summed E-state index contributed by atoms with van der Waals surface area (Å²) in [7, 11) is 0. The second kappa shape index (κ2) is 12.1. The Bertz CT molecular complexity index is 1160. The molecule has 0 atom stereocenters. The van der Waals surface area contributed by atoms with Crippen LogP contribution < -0.4 is 5.32 Å². The average molecular weight is 524 g/mol. The van der Waals surface area contributed by atoms with Crippen LogP contribution in [0.5, 0.6) is 0 Å². The van der Waals surface area contributed by atoms with Gasteiger partial charge in [0.1, 0.15) is 11.5 Å². The average Bonchev–Trinajstić information content (AvgIpc) is 3.23. The number of hydrogen-bond donors (Lipinski definition) is 1. The van der Waals surface area contributed by atoms with Gasteiger partial charge in [0.05, 0.1) is 21.8 Å². The molecule has 4 heterocycles. The van der Waals surface area contributed by atoms with Crippen molar-refractivity contribution in [3.63, 3.8) is 0 Å². The van der Waals surface area contributed by atoms with Crippen molar-refractivity contribution < 1.29 is 9.18 Å². The number of halogens is 3. The smallest absolute Gasteiger partial charge is 0.258 e. The number of nitrogens with zero attached hydrogens (tertiary/aromatic N) is 3. The van der Waals surface area contributed by atoms with Crippen molar-refractivity contribution in [2.45, 2.75) is 30.7 Å². The maximum Gasteiger partial charge on any atom is 0.258 e. The summed E-state index contributed by atoms with van der Waals surface area (Å²) in [4.78, 5) is 20.4. The first-order valence-electron chi connectivity index (χ1n) is 11.3. The van der Waals surface area contributed by atoms with Gasteiger partial charge in [-0.05, 0) is 87.1 Å². The van der Waals surface area contributed by atoms with Crippen LogP contribution in [0.4, 0.5) is 4.39 Å². The quantitative estimate of drug-likeness (QED) is 0.461. The van der Waals surface area contributed by atoms with Crippen molar-refractivity contribution in [3.05, 3.63) is 70.6 Å². The van der Waals surface area contributed by atoms with Gasteiger partial charge in [0, 0.05) is 6.54 Å². The molecular weight excluding hydrogens is 494 g/mol. The lowest BCUT2D eigenvalue weighted by Crippen LogP contribution is -2.39. The number of nitrogens with one attached hydrogen (secondary N) is 1. The Kier molecular flexibility index (Phi) is 9.42. The number of amides is 1. The van der Waals surface area contributed by atoms with E-state index in [4.69, 9.17) is 0 Å². The molecule has 2 aromatic heterocycles. The predicted octanol–water partition coefficient (Wildman–Crippen LogP) is 5.22. The fraction of sp³-hybridized carbons (Fsp3) is 0.360. The molecule has 0 spiro atoms. The SMILES string of the molecule is Cl.Cl.O=C(NCC1CCN(CCCc2cccc(F)c2)CC1)C1=Cc2cnc3cccc(n23)S1. The van der Waals surface area contributed by atoms with E-state index in [1.807, 2.05) is 36.5 Å². The number of carbonyl (C=O) groups is 1. The highest BCUT2D eigenvalue weighted by molar-refractivity contribution is 8.04. The third-order valence-corrected chi connectivity index (χ3v) is 7.38. The number of imidazole rings is 1. The molecular formula is C25H29Cl2FN4OS. The molecule has 2 aliphatic heterocycles. The Morgan fingerprint density at radius 1 is 1.15 bits per heavy atom. The van der Waals surface area contributed by atoms with Crippen LogP contribution in [0.25, 0.3) is 11.7 Å². The van der Waals surface area contributed by atoms with Crippen LogP contribution >= 0.6 is 36.6 Å². The highest BCUT2D eigenvalue weighted by Gasteiger charge is 2.23. The molecule has 9 heteroatoms. The van der Waals surface area contributed by atoms with E-state index < -0.39 is 0 Å². The highest BCUT2D eigenvalue weighted by atomic mass is 35.5. The minimum absolute atomic E-state index is 0. The molecule has 0 aliphatic carbocycles. The molecule has 1 fully saturated rings. The monoisotopic (exact) mass is 522 g/mol. The standard InChI is InChI=1S/C25H27FN4OS.2ClH/c26-20-6-1-4-18(14-20)5-3-11-29-12-9-19(10-13-29)16-28-25(31)22-15-21-17-27-23-7-2-8-24(32-22)30(21)23;;/h1-2,4,6-8,14-15,17,19H,3,5,9-13,16H2,(H,28,31);2*1H. The summed E-state index contributed by atoms with van der Waals surface area (Å²) in [6.45, 7) is 3.88. The number of hydrogen-bond acceptors (Lipinski definition) is 4. The van der Waals surface area contributed by atoms with Gasteiger partial charge in [-0.3, -0.25) is 9.20 Å². The summed E-state index contributed by atoms with van der Waals surface area (Å²) < 4.78 is 15.4. The zero-order valence-corrected chi connectivity index (χ0v) is 21.2. The number of likely N-dealkylation sites (tertiary alicyclic amines) is 1. The minimum Gasteiger partial charge on any atom is -0.351 e. The molecule has 1 saturated heterocycles. The van der Waals surface area contributed by atoms with E-state index in [1.165, 1.54) is 17.8 Å². The number of benzene rings is 1. The summed E-state index contributed by atoms with van der Waals surface area (Å²) in [6.07, 6.45) is 7.88. The first kappa shape index (κ1) is 26.5. The molecule has 3 aromatic rings. The van der Waals surface area contributed by atoms with Gasteiger partial charge < -0.3 is 10.2 Å². The third-order valence-electron chi connectivity index (χ3n) is 6.33. The summed E-state index contributed by atoms with van der Waals surface area (Å²) in [5.74, 6) is 0.356.